The summed E-state index contributed by atoms with van der Waals surface area (Å²) in [6.07, 6.45) is 4.01. The lowest BCUT2D eigenvalue weighted by Crippen LogP contribution is -2.25. The fourth-order valence-electron chi connectivity index (χ4n) is 2.69. The van der Waals surface area contributed by atoms with Crippen LogP contribution in [0, 0.1) is 0 Å². The molecule has 6 heteroatoms. The quantitative estimate of drug-likeness (QED) is 0.603. The Labute approximate surface area is 149 Å². The monoisotopic (exact) mass is 391 g/mol. The second-order valence-corrected chi connectivity index (χ2v) is 6.50. The number of unbranched alkanes of at least 4 members (excludes halogenated alkanes) is 3. The highest BCUT2D eigenvalue weighted by molar-refractivity contribution is 9.10. The highest BCUT2D eigenvalue weighted by Crippen LogP contribution is 2.29. The van der Waals surface area contributed by atoms with Crippen molar-refractivity contribution in [2.75, 3.05) is 13.1 Å². The van der Waals surface area contributed by atoms with Crippen LogP contribution in [0.3, 0.4) is 0 Å². The lowest BCUT2D eigenvalue weighted by atomic mass is 9.98. The van der Waals surface area contributed by atoms with Crippen molar-refractivity contribution in [2.24, 2.45) is 11.5 Å². The van der Waals surface area contributed by atoms with Crippen molar-refractivity contribution in [1.29, 1.82) is 0 Å². The van der Waals surface area contributed by atoms with Gasteiger partial charge in [0, 0.05) is 27.5 Å². The van der Waals surface area contributed by atoms with Crippen molar-refractivity contribution in [3.05, 3.63) is 45.9 Å². The number of hydrogen-bond donors (Lipinski definition) is 3. The Balaban J connectivity index is 2.20. The molecule has 0 aromatic heterocycles. The maximum absolute atomic E-state index is 12.5. The van der Waals surface area contributed by atoms with E-state index >= 15 is 0 Å². The summed E-state index contributed by atoms with van der Waals surface area (Å²) in [7, 11) is 0. The Kier molecular flexibility index (Phi) is 6.75. The molecular formula is C18H22BrN3O2. The van der Waals surface area contributed by atoms with Gasteiger partial charge in [-0.05, 0) is 43.0 Å². The Hall–Kier alpha value is -1.92. The number of rotatable bonds is 8. The number of nitrogens with two attached hydrogens (primary N) is 2. The van der Waals surface area contributed by atoms with E-state index in [1.54, 1.807) is 24.3 Å². The normalized spacial score (nSPS) is 10.8. The molecule has 0 spiro atoms. The molecule has 0 saturated heterocycles. The number of carbonyl (C=O) groups excluding carboxylic acids is 2. The van der Waals surface area contributed by atoms with Crippen LogP contribution in [0.4, 0.5) is 0 Å². The molecule has 2 aromatic carbocycles. The van der Waals surface area contributed by atoms with Gasteiger partial charge >= 0.3 is 0 Å². The van der Waals surface area contributed by atoms with Crippen LogP contribution in [0.1, 0.15) is 46.4 Å². The predicted octanol–water partition coefficient (Wildman–Crippen LogP) is 2.95. The average Bonchev–Trinajstić information content (AvgIpc) is 2.57. The first-order valence-corrected chi connectivity index (χ1v) is 8.85. The van der Waals surface area contributed by atoms with Gasteiger partial charge in [-0.1, -0.05) is 40.9 Å². The molecule has 2 aromatic rings. The van der Waals surface area contributed by atoms with Crippen LogP contribution in [-0.4, -0.2) is 24.9 Å². The molecule has 0 fully saturated rings. The highest BCUT2D eigenvalue weighted by Gasteiger charge is 2.16. The van der Waals surface area contributed by atoms with Gasteiger partial charge in [0.1, 0.15) is 0 Å². The Morgan fingerprint density at radius 3 is 2.46 bits per heavy atom. The molecule has 128 valence electrons. The van der Waals surface area contributed by atoms with E-state index in [1.807, 2.05) is 6.07 Å². The van der Waals surface area contributed by atoms with Crippen LogP contribution < -0.4 is 16.8 Å². The minimum atomic E-state index is -0.547. The maximum Gasteiger partial charge on any atom is 0.251 e. The van der Waals surface area contributed by atoms with Crippen molar-refractivity contribution >= 4 is 38.5 Å². The zero-order chi connectivity index (χ0) is 17.5. The van der Waals surface area contributed by atoms with Crippen LogP contribution >= 0.6 is 15.9 Å². The van der Waals surface area contributed by atoms with Gasteiger partial charge in [0.05, 0.1) is 0 Å². The fraction of sp³-hybridized carbons (Fsp3) is 0.333. The van der Waals surface area contributed by atoms with Crippen LogP contribution in [0.5, 0.6) is 0 Å². The Morgan fingerprint density at radius 2 is 1.75 bits per heavy atom. The topological polar surface area (TPSA) is 98.2 Å². The second kappa shape index (κ2) is 8.80. The van der Waals surface area contributed by atoms with Crippen molar-refractivity contribution in [3.63, 3.8) is 0 Å². The van der Waals surface area contributed by atoms with Gasteiger partial charge in [-0.2, -0.15) is 0 Å². The third kappa shape index (κ3) is 4.33. The Morgan fingerprint density at radius 1 is 1.00 bits per heavy atom. The number of primary amides is 1. The SMILES string of the molecule is NCCCCCCNC(=O)c1cccc2c(Br)ccc(C(N)=O)c12. The first-order chi connectivity index (χ1) is 11.6. The van der Waals surface area contributed by atoms with Gasteiger partial charge in [0.25, 0.3) is 5.91 Å². The van der Waals surface area contributed by atoms with Crippen molar-refractivity contribution in [1.82, 2.24) is 5.32 Å². The molecule has 0 aliphatic rings. The van der Waals surface area contributed by atoms with Crippen LogP contribution in [0.2, 0.25) is 0 Å². The summed E-state index contributed by atoms with van der Waals surface area (Å²) in [5.41, 5.74) is 11.7. The maximum atomic E-state index is 12.5. The summed E-state index contributed by atoms with van der Waals surface area (Å²) in [6.45, 7) is 1.30. The smallest absolute Gasteiger partial charge is 0.251 e. The van der Waals surface area contributed by atoms with Crippen molar-refractivity contribution < 1.29 is 9.59 Å². The molecule has 24 heavy (non-hydrogen) atoms. The molecule has 5 nitrogen and oxygen atoms in total. The van der Waals surface area contributed by atoms with E-state index in [0.29, 0.717) is 29.6 Å². The summed E-state index contributed by atoms with van der Waals surface area (Å²) < 4.78 is 0.818. The van der Waals surface area contributed by atoms with Gasteiger partial charge in [0.2, 0.25) is 5.91 Å². The molecule has 0 aliphatic heterocycles. The van der Waals surface area contributed by atoms with Crippen LogP contribution in [0.25, 0.3) is 10.8 Å². The molecule has 0 heterocycles. The molecule has 0 aliphatic carbocycles. The number of carbonyl (C=O) groups is 2. The third-order valence-corrected chi connectivity index (χ3v) is 4.61. The molecule has 2 amide bonds. The van der Waals surface area contributed by atoms with Gasteiger partial charge < -0.3 is 16.8 Å². The zero-order valence-corrected chi connectivity index (χ0v) is 15.1. The molecule has 2 rings (SSSR count). The number of nitrogens with one attached hydrogen (secondary N) is 1. The first-order valence-electron chi connectivity index (χ1n) is 8.05. The zero-order valence-electron chi connectivity index (χ0n) is 13.5. The number of fused-ring (bicyclic) bond motifs is 1. The lowest BCUT2D eigenvalue weighted by Gasteiger charge is -2.12. The lowest BCUT2D eigenvalue weighted by molar-refractivity contribution is 0.0954. The summed E-state index contributed by atoms with van der Waals surface area (Å²) in [4.78, 5) is 24.3. The van der Waals surface area contributed by atoms with E-state index in [4.69, 9.17) is 11.5 Å². The highest BCUT2D eigenvalue weighted by atomic mass is 79.9. The second-order valence-electron chi connectivity index (χ2n) is 5.65. The van der Waals surface area contributed by atoms with Gasteiger partial charge in [-0.3, -0.25) is 9.59 Å². The van der Waals surface area contributed by atoms with Crippen molar-refractivity contribution in [3.8, 4) is 0 Å². The Bertz CT molecular complexity index is 746. The molecule has 0 unspecified atom stereocenters. The van der Waals surface area contributed by atoms with Crippen molar-refractivity contribution in [2.45, 2.75) is 25.7 Å². The number of halogens is 1. The average molecular weight is 392 g/mol. The predicted molar refractivity (Wildman–Crippen MR) is 100 cm³/mol. The van der Waals surface area contributed by atoms with Gasteiger partial charge in [-0.15, -0.1) is 0 Å². The number of benzene rings is 2. The van der Waals surface area contributed by atoms with Gasteiger partial charge in [0.15, 0.2) is 0 Å². The molecular weight excluding hydrogens is 370 g/mol. The number of hydrogen-bond acceptors (Lipinski definition) is 3. The van der Waals surface area contributed by atoms with E-state index in [0.717, 1.165) is 35.5 Å². The van der Waals surface area contributed by atoms with Crippen LogP contribution in [0.15, 0.2) is 34.8 Å². The summed E-state index contributed by atoms with van der Waals surface area (Å²) in [5, 5.41) is 4.29. The van der Waals surface area contributed by atoms with E-state index in [1.165, 1.54) is 0 Å². The summed E-state index contributed by atoms with van der Waals surface area (Å²) in [6, 6.07) is 8.77. The van der Waals surface area contributed by atoms with Gasteiger partial charge in [-0.25, -0.2) is 0 Å². The fourth-order valence-corrected chi connectivity index (χ4v) is 3.15. The molecule has 5 N–H and O–H groups in total. The standard InChI is InChI=1S/C18H22BrN3O2/c19-15-9-8-13(17(21)23)16-12(15)6-5-7-14(16)18(24)22-11-4-2-1-3-10-20/h5-9H,1-4,10-11,20H2,(H2,21,23)(H,22,24). The van der Waals surface area contributed by atoms with E-state index in [2.05, 4.69) is 21.2 Å². The third-order valence-electron chi connectivity index (χ3n) is 3.91. The van der Waals surface area contributed by atoms with E-state index in [9.17, 15) is 9.59 Å². The molecule has 0 saturated carbocycles. The minimum absolute atomic E-state index is 0.194. The summed E-state index contributed by atoms with van der Waals surface area (Å²) >= 11 is 3.46. The van der Waals surface area contributed by atoms with E-state index in [-0.39, 0.29) is 5.91 Å². The number of amides is 2. The van der Waals surface area contributed by atoms with E-state index < -0.39 is 5.91 Å². The van der Waals surface area contributed by atoms with Crippen LogP contribution in [-0.2, 0) is 0 Å². The summed E-state index contributed by atoms with van der Waals surface area (Å²) in [5.74, 6) is -0.741. The molecule has 0 radical (unpaired) electrons. The largest absolute Gasteiger partial charge is 0.366 e. The molecule has 0 bridgehead atoms. The molecule has 0 atom stereocenters. The first kappa shape index (κ1) is 18.4. The minimum Gasteiger partial charge on any atom is -0.366 e.